The summed E-state index contributed by atoms with van der Waals surface area (Å²) in [7, 11) is 1.66. The number of para-hydroxylation sites is 1. The van der Waals surface area contributed by atoms with Crippen LogP contribution >= 0.6 is 0 Å². The number of carbonyl (C=O) groups excluding carboxylic acids is 2. The molecular weight excluding hydrogens is 390 g/mol. The molecule has 0 radical (unpaired) electrons. The fourth-order valence-electron chi connectivity index (χ4n) is 4.12. The topological polar surface area (TPSA) is 71.5 Å². The summed E-state index contributed by atoms with van der Waals surface area (Å²) in [6.45, 7) is 1.67. The Hall–Kier alpha value is -3.25. The molecular formula is C25H27N3O3. The quantitative estimate of drug-likeness (QED) is 0.664. The van der Waals surface area contributed by atoms with Crippen LogP contribution in [0.15, 0.2) is 66.7 Å². The van der Waals surface area contributed by atoms with E-state index in [0.29, 0.717) is 50.2 Å². The van der Waals surface area contributed by atoms with Crippen molar-refractivity contribution < 1.29 is 14.3 Å². The van der Waals surface area contributed by atoms with Crippen LogP contribution in [0.2, 0.25) is 0 Å². The molecule has 1 aliphatic heterocycles. The van der Waals surface area contributed by atoms with E-state index in [2.05, 4.69) is 10.3 Å². The number of amides is 2. The first-order chi connectivity index (χ1) is 15.1. The molecule has 1 aliphatic rings. The number of pyridine rings is 1. The van der Waals surface area contributed by atoms with E-state index in [9.17, 15) is 9.59 Å². The number of carbonyl (C=O) groups is 2. The molecule has 0 unspecified atom stereocenters. The molecule has 160 valence electrons. The zero-order valence-corrected chi connectivity index (χ0v) is 17.7. The third kappa shape index (κ3) is 4.75. The minimum Gasteiger partial charge on any atom is -0.385 e. The molecule has 2 amide bonds. The summed E-state index contributed by atoms with van der Waals surface area (Å²) in [5.74, 6) is -0.159. The molecule has 6 heteroatoms. The maximum absolute atomic E-state index is 13.1. The lowest BCUT2D eigenvalue weighted by Gasteiger charge is -2.42. The van der Waals surface area contributed by atoms with E-state index in [1.807, 2.05) is 65.6 Å². The van der Waals surface area contributed by atoms with Crippen molar-refractivity contribution in [1.29, 1.82) is 0 Å². The second-order valence-corrected chi connectivity index (χ2v) is 8.02. The van der Waals surface area contributed by atoms with Crippen molar-refractivity contribution in [3.05, 3.63) is 78.0 Å². The van der Waals surface area contributed by atoms with Gasteiger partial charge in [-0.3, -0.25) is 9.59 Å². The zero-order valence-electron chi connectivity index (χ0n) is 17.7. The van der Waals surface area contributed by atoms with Gasteiger partial charge in [-0.05, 0) is 43.5 Å². The van der Waals surface area contributed by atoms with Gasteiger partial charge in [0.1, 0.15) is 5.69 Å². The molecule has 0 aliphatic carbocycles. The number of nitrogens with zero attached hydrogens (tertiary/aromatic N) is 2. The van der Waals surface area contributed by atoms with Crippen LogP contribution < -0.4 is 5.32 Å². The van der Waals surface area contributed by atoms with Crippen molar-refractivity contribution in [1.82, 2.24) is 15.2 Å². The van der Waals surface area contributed by atoms with Crippen LogP contribution in [0.1, 0.15) is 40.1 Å². The highest BCUT2D eigenvalue weighted by atomic mass is 16.5. The van der Waals surface area contributed by atoms with Crippen LogP contribution in [0.5, 0.6) is 0 Å². The number of hydrogen-bond donors (Lipinski definition) is 1. The normalized spacial score (nSPS) is 15.6. The summed E-state index contributed by atoms with van der Waals surface area (Å²) in [5.41, 5.74) is 1.51. The summed E-state index contributed by atoms with van der Waals surface area (Å²) in [6, 6.07) is 20.7. The van der Waals surface area contributed by atoms with Gasteiger partial charge in [0.05, 0.1) is 5.52 Å². The van der Waals surface area contributed by atoms with E-state index in [0.717, 1.165) is 10.9 Å². The molecule has 2 aromatic carbocycles. The minimum atomic E-state index is -0.392. The second kappa shape index (κ2) is 9.27. The molecule has 1 aromatic heterocycles. The zero-order chi connectivity index (χ0) is 21.7. The van der Waals surface area contributed by atoms with Gasteiger partial charge < -0.3 is 15.0 Å². The Balaban J connectivity index is 1.46. The van der Waals surface area contributed by atoms with E-state index in [4.69, 9.17) is 4.74 Å². The van der Waals surface area contributed by atoms with E-state index in [1.165, 1.54) is 0 Å². The number of likely N-dealkylation sites (tertiary alicyclic amines) is 1. The molecule has 0 saturated carbocycles. The Morgan fingerprint density at radius 1 is 1.00 bits per heavy atom. The van der Waals surface area contributed by atoms with Crippen LogP contribution in [0.25, 0.3) is 10.9 Å². The average Bonchev–Trinajstić information content (AvgIpc) is 2.83. The molecule has 2 heterocycles. The predicted octanol–water partition coefficient (Wildman–Crippen LogP) is 3.68. The molecule has 0 atom stereocenters. The maximum Gasteiger partial charge on any atom is 0.272 e. The summed E-state index contributed by atoms with van der Waals surface area (Å²) in [4.78, 5) is 32.2. The average molecular weight is 418 g/mol. The third-order valence-electron chi connectivity index (χ3n) is 6.02. The molecule has 0 bridgehead atoms. The summed E-state index contributed by atoms with van der Waals surface area (Å²) < 4.78 is 5.30. The van der Waals surface area contributed by atoms with Gasteiger partial charge in [-0.25, -0.2) is 4.98 Å². The molecule has 6 nitrogen and oxygen atoms in total. The van der Waals surface area contributed by atoms with E-state index >= 15 is 0 Å². The van der Waals surface area contributed by atoms with Gasteiger partial charge in [0.2, 0.25) is 0 Å². The first-order valence-electron chi connectivity index (χ1n) is 10.6. The van der Waals surface area contributed by atoms with Gasteiger partial charge in [-0.15, -0.1) is 0 Å². The van der Waals surface area contributed by atoms with Crippen molar-refractivity contribution in [3.8, 4) is 0 Å². The Morgan fingerprint density at radius 2 is 1.71 bits per heavy atom. The summed E-state index contributed by atoms with van der Waals surface area (Å²) >= 11 is 0. The maximum atomic E-state index is 13.1. The van der Waals surface area contributed by atoms with Crippen molar-refractivity contribution in [2.45, 2.75) is 24.8 Å². The summed E-state index contributed by atoms with van der Waals surface area (Å²) in [6.07, 6.45) is 2.06. The second-order valence-electron chi connectivity index (χ2n) is 8.02. The minimum absolute atomic E-state index is 0.0690. The molecule has 0 spiro atoms. The molecule has 1 saturated heterocycles. The Kier molecular flexibility index (Phi) is 6.28. The SMILES string of the molecule is COCCC1(NC(=O)c2ccccc2)CCN(C(=O)c2ccc3ccccc3n2)CC1. The first kappa shape index (κ1) is 21.0. The molecule has 31 heavy (non-hydrogen) atoms. The third-order valence-corrected chi connectivity index (χ3v) is 6.02. The van der Waals surface area contributed by atoms with Crippen LogP contribution in [0.4, 0.5) is 0 Å². The van der Waals surface area contributed by atoms with Gasteiger partial charge in [-0.2, -0.15) is 0 Å². The first-order valence-corrected chi connectivity index (χ1v) is 10.6. The standard InChI is InChI=1S/C25H27N3O3/c1-31-18-15-25(27-23(29)20-8-3-2-4-9-20)13-16-28(17-14-25)24(30)22-12-11-19-7-5-6-10-21(19)26-22/h2-12H,13-18H2,1H3,(H,27,29). The number of rotatable bonds is 6. The number of aromatic nitrogens is 1. The van der Waals surface area contributed by atoms with Crippen molar-refractivity contribution in [2.75, 3.05) is 26.8 Å². The van der Waals surface area contributed by atoms with Crippen LogP contribution in [0, 0.1) is 0 Å². The summed E-state index contributed by atoms with van der Waals surface area (Å²) in [5, 5.41) is 4.25. The molecule has 1 N–H and O–H groups in total. The Labute approximate surface area is 182 Å². The van der Waals surface area contributed by atoms with E-state index in [1.54, 1.807) is 13.2 Å². The Bertz CT molecular complexity index is 1060. The molecule has 3 aromatic rings. The number of ether oxygens (including phenoxy) is 1. The van der Waals surface area contributed by atoms with Gasteiger partial charge in [-0.1, -0.05) is 42.5 Å². The molecule has 4 rings (SSSR count). The van der Waals surface area contributed by atoms with Crippen molar-refractivity contribution >= 4 is 22.7 Å². The van der Waals surface area contributed by atoms with Crippen LogP contribution in [0.3, 0.4) is 0 Å². The highest BCUT2D eigenvalue weighted by Crippen LogP contribution is 2.27. The van der Waals surface area contributed by atoms with Gasteiger partial charge >= 0.3 is 0 Å². The van der Waals surface area contributed by atoms with E-state index < -0.39 is 5.54 Å². The van der Waals surface area contributed by atoms with Gasteiger partial charge in [0.15, 0.2) is 0 Å². The number of piperidine rings is 1. The number of methoxy groups -OCH3 is 1. The molecule has 1 fully saturated rings. The monoisotopic (exact) mass is 417 g/mol. The predicted molar refractivity (Wildman–Crippen MR) is 120 cm³/mol. The smallest absolute Gasteiger partial charge is 0.272 e. The largest absolute Gasteiger partial charge is 0.385 e. The number of benzene rings is 2. The lowest BCUT2D eigenvalue weighted by molar-refractivity contribution is 0.0555. The van der Waals surface area contributed by atoms with Crippen LogP contribution in [-0.4, -0.2) is 54.0 Å². The number of fused-ring (bicyclic) bond motifs is 1. The lowest BCUT2D eigenvalue weighted by Crippen LogP contribution is -2.56. The number of nitrogens with one attached hydrogen (secondary N) is 1. The van der Waals surface area contributed by atoms with Crippen LogP contribution in [-0.2, 0) is 4.74 Å². The fraction of sp³-hybridized carbons (Fsp3) is 0.320. The van der Waals surface area contributed by atoms with Gasteiger partial charge in [0, 0.05) is 43.3 Å². The lowest BCUT2D eigenvalue weighted by atomic mass is 9.84. The fourth-order valence-corrected chi connectivity index (χ4v) is 4.12. The number of hydrogen-bond acceptors (Lipinski definition) is 4. The highest BCUT2D eigenvalue weighted by Gasteiger charge is 2.37. The van der Waals surface area contributed by atoms with Crippen molar-refractivity contribution in [3.63, 3.8) is 0 Å². The van der Waals surface area contributed by atoms with E-state index in [-0.39, 0.29) is 11.8 Å². The van der Waals surface area contributed by atoms with Gasteiger partial charge in [0.25, 0.3) is 11.8 Å². The highest BCUT2D eigenvalue weighted by molar-refractivity contribution is 5.96. The van der Waals surface area contributed by atoms with Crippen molar-refractivity contribution in [2.24, 2.45) is 0 Å². The Morgan fingerprint density at radius 3 is 2.45 bits per heavy atom.